The van der Waals surface area contributed by atoms with Gasteiger partial charge >= 0.3 is 11.7 Å². The van der Waals surface area contributed by atoms with Gasteiger partial charge in [0, 0.05) is 35.2 Å². The third-order valence-electron chi connectivity index (χ3n) is 4.11. The van der Waals surface area contributed by atoms with E-state index < -0.39 is 11.7 Å². The summed E-state index contributed by atoms with van der Waals surface area (Å²) in [5.74, 6) is 0.556. The van der Waals surface area contributed by atoms with E-state index in [9.17, 15) is 9.59 Å². The molecule has 8 heteroatoms. The summed E-state index contributed by atoms with van der Waals surface area (Å²) in [7, 11) is 0. The minimum atomic E-state index is -0.554. The Hall–Kier alpha value is -3.26. The summed E-state index contributed by atoms with van der Waals surface area (Å²) in [6.07, 6.45) is 3.21. The van der Waals surface area contributed by atoms with Crippen molar-refractivity contribution in [2.45, 2.75) is 17.8 Å². The first kappa shape index (κ1) is 18.1. The molecule has 4 aromatic rings. The van der Waals surface area contributed by atoms with Gasteiger partial charge in [-0.1, -0.05) is 17.8 Å². The van der Waals surface area contributed by atoms with Crippen LogP contribution < -0.4 is 10.9 Å². The maximum absolute atomic E-state index is 12.0. The molecular formula is C20H17N3O4S. The Morgan fingerprint density at radius 2 is 2.18 bits per heavy atom. The molecule has 28 heavy (non-hydrogen) atoms. The molecule has 0 unspecified atom stereocenters. The van der Waals surface area contributed by atoms with Crippen LogP contribution in [0.15, 0.2) is 69.2 Å². The molecule has 7 nitrogen and oxygen atoms in total. The number of nitrogens with zero attached hydrogens (tertiary/aromatic N) is 2. The van der Waals surface area contributed by atoms with Crippen LogP contribution in [0.2, 0.25) is 0 Å². The topological polar surface area (TPSA) is 85.8 Å². The highest BCUT2D eigenvalue weighted by atomic mass is 32.2. The van der Waals surface area contributed by atoms with E-state index in [1.807, 2.05) is 41.1 Å². The lowest BCUT2D eigenvalue weighted by atomic mass is 10.1. The number of benzene rings is 1. The third kappa shape index (κ3) is 3.72. The quantitative estimate of drug-likeness (QED) is 0.400. The van der Waals surface area contributed by atoms with E-state index in [0.717, 1.165) is 21.6 Å². The fourth-order valence-electron chi connectivity index (χ4n) is 2.88. The molecule has 0 aliphatic rings. The fourth-order valence-corrected chi connectivity index (χ4v) is 3.84. The monoisotopic (exact) mass is 395 g/mol. The SMILES string of the molecule is CCOC(=O)Nc1ccc2c(CSc3ncc4ccccn34)cc(=O)oc2c1. The second-order valence-electron chi connectivity index (χ2n) is 5.97. The minimum absolute atomic E-state index is 0.276. The zero-order valence-electron chi connectivity index (χ0n) is 15.0. The molecule has 0 saturated carbocycles. The highest BCUT2D eigenvalue weighted by Gasteiger charge is 2.11. The Balaban J connectivity index is 1.61. The van der Waals surface area contributed by atoms with E-state index in [-0.39, 0.29) is 6.61 Å². The largest absolute Gasteiger partial charge is 0.450 e. The van der Waals surface area contributed by atoms with Crippen molar-refractivity contribution in [3.63, 3.8) is 0 Å². The van der Waals surface area contributed by atoms with Crippen molar-refractivity contribution in [2.24, 2.45) is 0 Å². The van der Waals surface area contributed by atoms with Crippen LogP contribution in [0.3, 0.4) is 0 Å². The Kier molecular flexibility index (Phi) is 5.03. The van der Waals surface area contributed by atoms with Crippen LogP contribution in [-0.2, 0) is 10.5 Å². The van der Waals surface area contributed by atoms with Gasteiger partial charge in [-0.3, -0.25) is 9.72 Å². The zero-order valence-corrected chi connectivity index (χ0v) is 15.9. The third-order valence-corrected chi connectivity index (χ3v) is 5.13. The van der Waals surface area contributed by atoms with Crippen LogP contribution in [0.25, 0.3) is 16.5 Å². The molecule has 4 rings (SSSR count). The Morgan fingerprint density at radius 3 is 3.04 bits per heavy atom. The van der Waals surface area contributed by atoms with Crippen molar-refractivity contribution in [3.05, 3.63) is 70.8 Å². The van der Waals surface area contributed by atoms with Crippen molar-refractivity contribution in [1.29, 1.82) is 0 Å². The molecule has 1 amide bonds. The molecule has 1 N–H and O–H groups in total. The lowest BCUT2D eigenvalue weighted by Gasteiger charge is -2.08. The number of hydrogen-bond acceptors (Lipinski definition) is 6. The first-order chi connectivity index (χ1) is 13.6. The highest BCUT2D eigenvalue weighted by Crippen LogP contribution is 2.27. The number of rotatable bonds is 5. The number of hydrogen-bond donors (Lipinski definition) is 1. The van der Waals surface area contributed by atoms with Gasteiger partial charge in [-0.25, -0.2) is 14.6 Å². The number of pyridine rings is 1. The zero-order chi connectivity index (χ0) is 19.5. The number of amides is 1. The van der Waals surface area contributed by atoms with Crippen LogP contribution in [0.4, 0.5) is 10.5 Å². The van der Waals surface area contributed by atoms with Crippen LogP contribution >= 0.6 is 11.8 Å². The first-order valence-electron chi connectivity index (χ1n) is 8.69. The predicted molar refractivity (Wildman–Crippen MR) is 108 cm³/mol. The molecule has 142 valence electrons. The molecule has 0 fully saturated rings. The lowest BCUT2D eigenvalue weighted by Crippen LogP contribution is -2.13. The molecule has 0 atom stereocenters. The van der Waals surface area contributed by atoms with Gasteiger partial charge in [0.2, 0.25) is 0 Å². The van der Waals surface area contributed by atoms with Crippen molar-refractivity contribution >= 4 is 40.0 Å². The first-order valence-corrected chi connectivity index (χ1v) is 9.68. The average molecular weight is 395 g/mol. The Labute approximate surface area is 164 Å². The summed E-state index contributed by atoms with van der Waals surface area (Å²) < 4.78 is 12.2. The van der Waals surface area contributed by atoms with E-state index in [1.165, 1.54) is 17.8 Å². The van der Waals surface area contributed by atoms with Crippen LogP contribution in [0, 0.1) is 0 Å². The second kappa shape index (κ2) is 7.77. The van der Waals surface area contributed by atoms with Gasteiger partial charge in [0.1, 0.15) is 5.58 Å². The molecule has 3 heterocycles. The number of thioether (sulfide) groups is 1. The van der Waals surface area contributed by atoms with E-state index in [2.05, 4.69) is 10.3 Å². The number of carbonyl (C=O) groups excluding carboxylic acids is 1. The molecule has 0 spiro atoms. The Morgan fingerprint density at radius 1 is 1.29 bits per heavy atom. The van der Waals surface area contributed by atoms with Gasteiger partial charge in [0.05, 0.1) is 18.3 Å². The molecule has 0 bridgehead atoms. The number of ether oxygens (including phenoxy) is 1. The van der Waals surface area contributed by atoms with Gasteiger partial charge in [-0.15, -0.1) is 0 Å². The van der Waals surface area contributed by atoms with Gasteiger partial charge in [0.15, 0.2) is 5.16 Å². The van der Waals surface area contributed by atoms with Gasteiger partial charge in [-0.2, -0.15) is 0 Å². The summed E-state index contributed by atoms with van der Waals surface area (Å²) in [6, 6.07) is 12.6. The molecular weight excluding hydrogens is 378 g/mol. The molecule has 3 aromatic heterocycles. The average Bonchev–Trinajstić information content (AvgIpc) is 3.09. The predicted octanol–water partition coefficient (Wildman–Crippen LogP) is 4.30. The number of nitrogens with one attached hydrogen (secondary N) is 1. The van der Waals surface area contributed by atoms with Crippen molar-refractivity contribution in [3.8, 4) is 0 Å². The van der Waals surface area contributed by atoms with E-state index in [0.29, 0.717) is 17.0 Å². The lowest BCUT2D eigenvalue weighted by molar-refractivity contribution is 0.168. The Bertz CT molecular complexity index is 1220. The van der Waals surface area contributed by atoms with E-state index >= 15 is 0 Å². The molecule has 0 saturated heterocycles. The van der Waals surface area contributed by atoms with Gasteiger partial charge in [-0.05, 0) is 36.8 Å². The van der Waals surface area contributed by atoms with Crippen LogP contribution in [0.1, 0.15) is 12.5 Å². The number of imidazole rings is 1. The maximum Gasteiger partial charge on any atom is 0.411 e. The fraction of sp³-hybridized carbons (Fsp3) is 0.150. The highest BCUT2D eigenvalue weighted by molar-refractivity contribution is 7.98. The summed E-state index contributed by atoms with van der Waals surface area (Å²) in [5, 5.41) is 4.26. The maximum atomic E-state index is 12.0. The molecule has 0 radical (unpaired) electrons. The number of aromatic nitrogens is 2. The van der Waals surface area contributed by atoms with Crippen molar-refractivity contribution in [2.75, 3.05) is 11.9 Å². The summed E-state index contributed by atoms with van der Waals surface area (Å²) >= 11 is 1.54. The van der Waals surface area contributed by atoms with Crippen LogP contribution in [-0.4, -0.2) is 22.1 Å². The smallest absolute Gasteiger partial charge is 0.411 e. The summed E-state index contributed by atoms with van der Waals surface area (Å²) in [5.41, 5.74) is 2.32. The number of carbonyl (C=O) groups is 1. The van der Waals surface area contributed by atoms with Gasteiger partial charge in [0.25, 0.3) is 0 Å². The van der Waals surface area contributed by atoms with Crippen molar-refractivity contribution in [1.82, 2.24) is 9.38 Å². The summed E-state index contributed by atoms with van der Waals surface area (Å²) in [4.78, 5) is 28.0. The normalized spacial score (nSPS) is 11.0. The molecule has 1 aromatic carbocycles. The number of fused-ring (bicyclic) bond motifs is 2. The van der Waals surface area contributed by atoms with Crippen LogP contribution in [0.5, 0.6) is 0 Å². The number of anilines is 1. The summed E-state index contributed by atoms with van der Waals surface area (Å²) in [6.45, 7) is 2.00. The standard InChI is InChI=1S/C20H17N3O4S/c1-2-26-20(25)22-14-6-7-16-13(9-18(24)27-17(16)10-14)12-28-19-21-11-15-5-3-4-8-23(15)19/h3-11H,2,12H2,1H3,(H,22,25). The minimum Gasteiger partial charge on any atom is -0.450 e. The van der Waals surface area contributed by atoms with E-state index in [4.69, 9.17) is 9.15 Å². The molecule has 0 aliphatic heterocycles. The van der Waals surface area contributed by atoms with Crippen molar-refractivity contribution < 1.29 is 13.9 Å². The van der Waals surface area contributed by atoms with E-state index in [1.54, 1.807) is 19.1 Å². The molecule has 0 aliphatic carbocycles. The van der Waals surface area contributed by atoms with Gasteiger partial charge < -0.3 is 9.15 Å². The second-order valence-corrected chi connectivity index (χ2v) is 6.91.